The van der Waals surface area contributed by atoms with Crippen molar-refractivity contribution < 1.29 is 9.53 Å². The zero-order chi connectivity index (χ0) is 29.2. The fourth-order valence-electron chi connectivity index (χ4n) is 5.55. The average molecular weight is 559 g/mol. The summed E-state index contributed by atoms with van der Waals surface area (Å²) >= 11 is 1.73. The normalized spacial score (nSPS) is 18.9. The van der Waals surface area contributed by atoms with Crippen LogP contribution in [0.3, 0.4) is 0 Å². The molecule has 1 aliphatic rings. The van der Waals surface area contributed by atoms with Gasteiger partial charge in [-0.1, -0.05) is 87.2 Å². The highest BCUT2D eigenvalue weighted by molar-refractivity contribution is 8.03. The largest absolute Gasteiger partial charge is 0.444 e. The first-order valence-electron chi connectivity index (χ1n) is 14.4. The minimum atomic E-state index is -0.549. The van der Waals surface area contributed by atoms with Gasteiger partial charge in [-0.05, 0) is 87.5 Å². The van der Waals surface area contributed by atoms with E-state index in [1.807, 2.05) is 46.1 Å². The highest BCUT2D eigenvalue weighted by Gasteiger charge is 2.46. The number of nitrogens with one attached hydrogen (secondary N) is 1. The number of amides is 1. The first-order chi connectivity index (χ1) is 19.1. The molecule has 0 bridgehead atoms. The standard InChI is InChI=1S/C35H46N2O2S/c1-8-21-35(24-29-17-13-14-18-30(29)32(35)37-33(38)39-34(5,6)7)22-19-26(3)31(9-2)36-25-27(4)40-23-20-28-15-11-10-12-16-28/h9-18,25,32H,3-4,8,19-24H2,1-2,5-7H3,(H,37,38)/b31-9-,36-25?/t32-,35?/m1/s1. The molecule has 40 heavy (non-hydrogen) atoms. The molecule has 0 radical (unpaired) electrons. The maximum atomic E-state index is 12.9. The number of fused-ring (bicyclic) bond motifs is 1. The van der Waals surface area contributed by atoms with Crippen LogP contribution in [0.4, 0.5) is 4.79 Å². The molecule has 1 unspecified atom stereocenters. The van der Waals surface area contributed by atoms with E-state index in [0.29, 0.717) is 0 Å². The van der Waals surface area contributed by atoms with Gasteiger partial charge in [0, 0.05) is 16.9 Å². The van der Waals surface area contributed by atoms with Crippen LogP contribution in [-0.4, -0.2) is 23.7 Å². The maximum absolute atomic E-state index is 12.9. The fraction of sp³-hybridized carbons (Fsp3) is 0.429. The summed E-state index contributed by atoms with van der Waals surface area (Å²) in [5, 5.41) is 3.26. The number of alkyl carbamates (subject to hydrolysis) is 1. The maximum Gasteiger partial charge on any atom is 0.408 e. The lowest BCUT2D eigenvalue weighted by atomic mass is 9.72. The van der Waals surface area contributed by atoms with Gasteiger partial charge in [-0.2, -0.15) is 0 Å². The quantitative estimate of drug-likeness (QED) is 0.197. The molecule has 2 aromatic rings. The van der Waals surface area contributed by atoms with Crippen molar-refractivity contribution in [3.63, 3.8) is 0 Å². The number of hydrogen-bond donors (Lipinski definition) is 1. The molecular formula is C35H46N2O2S. The molecule has 2 atom stereocenters. The predicted molar refractivity (Wildman–Crippen MR) is 172 cm³/mol. The lowest BCUT2D eigenvalue weighted by Gasteiger charge is -2.37. The van der Waals surface area contributed by atoms with E-state index in [2.05, 4.69) is 73.9 Å². The number of carbonyl (C=O) groups is 1. The van der Waals surface area contributed by atoms with E-state index in [4.69, 9.17) is 9.73 Å². The molecule has 0 heterocycles. The molecule has 3 rings (SSSR count). The number of rotatable bonds is 13. The molecule has 1 aliphatic carbocycles. The number of hydrogen-bond acceptors (Lipinski definition) is 4. The van der Waals surface area contributed by atoms with Gasteiger partial charge in [-0.3, -0.25) is 4.99 Å². The van der Waals surface area contributed by atoms with Crippen LogP contribution in [0.5, 0.6) is 0 Å². The van der Waals surface area contributed by atoms with Gasteiger partial charge in [0.1, 0.15) is 5.60 Å². The molecule has 4 nitrogen and oxygen atoms in total. The second-order valence-corrected chi connectivity index (χ2v) is 12.9. The molecule has 1 N–H and O–H groups in total. The highest BCUT2D eigenvalue weighted by atomic mass is 32.2. The Labute approximate surface area is 246 Å². The lowest BCUT2D eigenvalue weighted by molar-refractivity contribution is 0.0434. The van der Waals surface area contributed by atoms with Gasteiger partial charge in [-0.25, -0.2) is 4.79 Å². The van der Waals surface area contributed by atoms with Crippen LogP contribution < -0.4 is 5.32 Å². The van der Waals surface area contributed by atoms with Crippen molar-refractivity contribution >= 4 is 24.1 Å². The molecule has 214 valence electrons. The number of benzene rings is 2. The third kappa shape index (κ3) is 8.99. The Hall–Kier alpha value is -3.05. The third-order valence-corrected chi connectivity index (χ3v) is 8.24. The molecule has 0 spiro atoms. The van der Waals surface area contributed by atoms with Crippen LogP contribution in [0.25, 0.3) is 0 Å². The van der Waals surface area contributed by atoms with Crippen LogP contribution in [0.1, 0.15) is 83.0 Å². The lowest BCUT2D eigenvalue weighted by Crippen LogP contribution is -2.41. The summed E-state index contributed by atoms with van der Waals surface area (Å²) in [7, 11) is 0. The number of allylic oxidation sites excluding steroid dienone is 3. The monoisotopic (exact) mass is 558 g/mol. The van der Waals surface area contributed by atoms with E-state index in [9.17, 15) is 4.79 Å². The van der Waals surface area contributed by atoms with E-state index in [-0.39, 0.29) is 17.6 Å². The van der Waals surface area contributed by atoms with Crippen LogP contribution in [0, 0.1) is 5.41 Å². The summed E-state index contributed by atoms with van der Waals surface area (Å²) < 4.78 is 5.67. The Morgan fingerprint density at radius 2 is 1.82 bits per heavy atom. The molecule has 0 fully saturated rings. The van der Waals surface area contributed by atoms with E-state index < -0.39 is 5.60 Å². The van der Waals surface area contributed by atoms with Gasteiger partial charge in [-0.15, -0.1) is 11.8 Å². The van der Waals surface area contributed by atoms with Crippen LogP contribution in [0.15, 0.2) is 95.0 Å². The Bertz CT molecular complexity index is 1230. The van der Waals surface area contributed by atoms with E-state index in [1.165, 1.54) is 16.7 Å². The molecule has 0 aromatic heterocycles. The number of aliphatic imine (C=N–C) groups is 1. The van der Waals surface area contributed by atoms with Crippen LogP contribution in [0.2, 0.25) is 0 Å². The van der Waals surface area contributed by atoms with Crippen LogP contribution in [-0.2, 0) is 17.6 Å². The molecular weight excluding hydrogens is 512 g/mol. The molecule has 2 aromatic carbocycles. The van der Waals surface area contributed by atoms with Crippen molar-refractivity contribution in [1.29, 1.82) is 0 Å². The Morgan fingerprint density at radius 1 is 1.12 bits per heavy atom. The number of aryl methyl sites for hydroxylation is 1. The first-order valence-corrected chi connectivity index (χ1v) is 15.4. The highest BCUT2D eigenvalue weighted by Crippen LogP contribution is 2.52. The number of thioether (sulfide) groups is 1. The first kappa shape index (κ1) is 31.5. The van der Waals surface area contributed by atoms with Gasteiger partial charge in [0.05, 0.1) is 11.7 Å². The molecule has 0 saturated carbocycles. The minimum Gasteiger partial charge on any atom is -0.444 e. The smallest absolute Gasteiger partial charge is 0.408 e. The van der Waals surface area contributed by atoms with Crippen LogP contribution >= 0.6 is 11.8 Å². The number of carbonyl (C=O) groups excluding carboxylic acids is 1. The van der Waals surface area contributed by atoms with Crippen molar-refractivity contribution in [1.82, 2.24) is 5.32 Å². The zero-order valence-corrected chi connectivity index (χ0v) is 25.8. The van der Waals surface area contributed by atoms with Crippen molar-refractivity contribution in [2.75, 3.05) is 5.75 Å². The van der Waals surface area contributed by atoms with Gasteiger partial charge in [0.25, 0.3) is 0 Å². The SMILES string of the molecule is C=C(C=N/C(=C\C)C(=C)CCC1(CCC)Cc2ccccc2[C@H]1NC(=O)OC(C)(C)C)SCCc1ccccc1. The second-order valence-electron chi connectivity index (χ2n) is 11.7. The molecule has 1 amide bonds. The summed E-state index contributed by atoms with van der Waals surface area (Å²) in [6, 6.07) is 18.9. The number of ether oxygens (including phenoxy) is 1. The summed E-state index contributed by atoms with van der Waals surface area (Å²) in [5.74, 6) is 0.965. The zero-order valence-electron chi connectivity index (χ0n) is 25.0. The van der Waals surface area contributed by atoms with Gasteiger partial charge < -0.3 is 10.1 Å². The summed E-state index contributed by atoms with van der Waals surface area (Å²) in [6.07, 6.45) is 9.16. The predicted octanol–water partition coefficient (Wildman–Crippen LogP) is 9.40. The van der Waals surface area contributed by atoms with E-state index in [0.717, 1.165) is 60.5 Å². The topological polar surface area (TPSA) is 50.7 Å². The molecule has 0 aliphatic heterocycles. The third-order valence-electron chi connectivity index (χ3n) is 7.36. The van der Waals surface area contributed by atoms with Gasteiger partial charge in [0.15, 0.2) is 0 Å². The Balaban J connectivity index is 1.66. The summed E-state index contributed by atoms with van der Waals surface area (Å²) in [4.78, 5) is 18.6. The number of nitrogens with zero attached hydrogens (tertiary/aromatic N) is 1. The van der Waals surface area contributed by atoms with Crippen molar-refractivity contribution in [3.05, 3.63) is 107 Å². The van der Waals surface area contributed by atoms with Crippen molar-refractivity contribution in [2.24, 2.45) is 10.4 Å². The van der Waals surface area contributed by atoms with Gasteiger partial charge >= 0.3 is 6.09 Å². The molecule has 5 heteroatoms. The average Bonchev–Trinajstić information content (AvgIpc) is 3.20. The summed E-state index contributed by atoms with van der Waals surface area (Å²) in [6.45, 7) is 18.5. The minimum absolute atomic E-state index is 0.107. The summed E-state index contributed by atoms with van der Waals surface area (Å²) in [5.41, 5.74) is 5.06. The van der Waals surface area contributed by atoms with E-state index in [1.54, 1.807) is 11.8 Å². The molecule has 0 saturated heterocycles. The Morgan fingerprint density at radius 3 is 2.50 bits per heavy atom. The Kier molecular flexibility index (Phi) is 11.4. The second kappa shape index (κ2) is 14.5. The fourth-order valence-corrected chi connectivity index (χ4v) is 6.28. The van der Waals surface area contributed by atoms with Crippen molar-refractivity contribution in [2.45, 2.75) is 84.8 Å². The van der Waals surface area contributed by atoms with E-state index >= 15 is 0 Å². The van der Waals surface area contributed by atoms with Gasteiger partial charge in [0.2, 0.25) is 0 Å². The van der Waals surface area contributed by atoms with Crippen molar-refractivity contribution in [3.8, 4) is 0 Å².